The predicted octanol–water partition coefficient (Wildman–Crippen LogP) is 5.08. The molecule has 1 aromatic heterocycles. The van der Waals surface area contributed by atoms with E-state index in [1.807, 2.05) is 13.0 Å². The largest absolute Gasteiger partial charge is 0.235 e. The van der Waals surface area contributed by atoms with E-state index < -0.39 is 0 Å². The number of hydrogen-bond donors (Lipinski definition) is 0. The Morgan fingerprint density at radius 3 is 2.62 bits per heavy atom. The lowest BCUT2D eigenvalue weighted by atomic mass is 10.0. The Bertz CT molecular complexity index is 549. The number of halogens is 2. The van der Waals surface area contributed by atoms with Gasteiger partial charge in [-0.3, -0.25) is 0 Å². The molecule has 2 aromatic rings. The van der Waals surface area contributed by atoms with Crippen molar-refractivity contribution in [1.82, 2.24) is 4.98 Å². The van der Waals surface area contributed by atoms with Gasteiger partial charge in [-0.1, -0.05) is 47.4 Å². The van der Waals surface area contributed by atoms with E-state index in [0.29, 0.717) is 11.1 Å². The molecule has 0 amide bonds. The molecule has 0 aliphatic heterocycles. The molecule has 0 fully saturated rings. The number of nitrogens with zero attached hydrogens (tertiary/aromatic N) is 1. The van der Waals surface area contributed by atoms with Gasteiger partial charge in [0.2, 0.25) is 0 Å². The fourth-order valence-electron chi connectivity index (χ4n) is 1.76. The minimum Gasteiger partial charge on any atom is -0.235 e. The van der Waals surface area contributed by atoms with Crippen molar-refractivity contribution in [2.45, 2.75) is 26.7 Å². The monoisotopic (exact) mass is 297 g/mol. The average Bonchev–Trinajstić information content (AvgIpc) is 2.23. The standard InChI is InChI=1S/C13H13BrClN/c1-7(2)9-6-10-11(14)5-4-8(3)12(10)16-13(9)15/h4-7H,1-3H3. The molecule has 0 saturated heterocycles. The summed E-state index contributed by atoms with van der Waals surface area (Å²) < 4.78 is 1.07. The van der Waals surface area contributed by atoms with Crippen molar-refractivity contribution in [3.63, 3.8) is 0 Å². The minimum atomic E-state index is 0.386. The van der Waals surface area contributed by atoms with Crippen molar-refractivity contribution in [2.75, 3.05) is 0 Å². The second kappa shape index (κ2) is 4.34. The average molecular weight is 299 g/mol. The lowest BCUT2D eigenvalue weighted by Gasteiger charge is -2.11. The number of pyridine rings is 1. The molecule has 0 aliphatic rings. The molecule has 0 bridgehead atoms. The second-order valence-corrected chi connectivity index (χ2v) is 5.50. The van der Waals surface area contributed by atoms with Crippen LogP contribution in [0.3, 0.4) is 0 Å². The van der Waals surface area contributed by atoms with Crippen molar-refractivity contribution in [3.05, 3.63) is 39.0 Å². The predicted molar refractivity (Wildman–Crippen MR) is 73.3 cm³/mol. The molecule has 1 nitrogen and oxygen atoms in total. The number of aromatic nitrogens is 1. The van der Waals surface area contributed by atoms with Crippen LogP contribution < -0.4 is 0 Å². The zero-order chi connectivity index (χ0) is 11.9. The van der Waals surface area contributed by atoms with Crippen LogP contribution in [0.15, 0.2) is 22.7 Å². The third-order valence-electron chi connectivity index (χ3n) is 2.74. The Labute approximate surface area is 109 Å². The molecule has 1 heterocycles. The molecule has 3 heteroatoms. The van der Waals surface area contributed by atoms with Crippen LogP contribution in [-0.4, -0.2) is 4.98 Å². The molecular formula is C13H13BrClN. The molecule has 84 valence electrons. The maximum absolute atomic E-state index is 6.20. The van der Waals surface area contributed by atoms with Crippen LogP contribution in [0.2, 0.25) is 5.15 Å². The summed E-state index contributed by atoms with van der Waals surface area (Å²) in [6.07, 6.45) is 0. The maximum atomic E-state index is 6.20. The first-order valence-corrected chi connectivity index (χ1v) is 6.43. The highest BCUT2D eigenvalue weighted by Crippen LogP contribution is 2.31. The van der Waals surface area contributed by atoms with Gasteiger partial charge >= 0.3 is 0 Å². The summed E-state index contributed by atoms with van der Waals surface area (Å²) in [6.45, 7) is 6.30. The lowest BCUT2D eigenvalue weighted by Crippen LogP contribution is -1.94. The summed E-state index contributed by atoms with van der Waals surface area (Å²) in [7, 11) is 0. The molecule has 16 heavy (non-hydrogen) atoms. The quantitative estimate of drug-likeness (QED) is 0.669. The van der Waals surface area contributed by atoms with E-state index in [-0.39, 0.29) is 0 Å². The van der Waals surface area contributed by atoms with Gasteiger partial charge in [0.15, 0.2) is 0 Å². The highest BCUT2D eigenvalue weighted by Gasteiger charge is 2.11. The molecule has 1 aromatic carbocycles. The molecule has 0 N–H and O–H groups in total. The lowest BCUT2D eigenvalue weighted by molar-refractivity contribution is 0.862. The van der Waals surface area contributed by atoms with E-state index in [1.165, 1.54) is 0 Å². The van der Waals surface area contributed by atoms with Gasteiger partial charge in [-0.25, -0.2) is 4.98 Å². The van der Waals surface area contributed by atoms with Crippen molar-refractivity contribution < 1.29 is 0 Å². The van der Waals surface area contributed by atoms with Crippen molar-refractivity contribution in [1.29, 1.82) is 0 Å². The van der Waals surface area contributed by atoms with Crippen LogP contribution in [0.1, 0.15) is 30.9 Å². The van der Waals surface area contributed by atoms with Gasteiger partial charge in [-0.15, -0.1) is 0 Å². The Hall–Kier alpha value is -0.600. The first kappa shape index (κ1) is 11.9. The smallest absolute Gasteiger partial charge is 0.133 e. The fraction of sp³-hybridized carbons (Fsp3) is 0.308. The van der Waals surface area contributed by atoms with E-state index in [4.69, 9.17) is 11.6 Å². The van der Waals surface area contributed by atoms with Crippen LogP contribution in [-0.2, 0) is 0 Å². The van der Waals surface area contributed by atoms with E-state index in [1.54, 1.807) is 0 Å². The molecular weight excluding hydrogens is 286 g/mol. The van der Waals surface area contributed by atoms with Gasteiger partial charge < -0.3 is 0 Å². The highest BCUT2D eigenvalue weighted by molar-refractivity contribution is 9.10. The fourth-order valence-corrected chi connectivity index (χ4v) is 2.55. The number of aryl methyl sites for hydroxylation is 1. The zero-order valence-electron chi connectivity index (χ0n) is 9.51. The Morgan fingerprint density at radius 1 is 1.31 bits per heavy atom. The van der Waals surface area contributed by atoms with Gasteiger partial charge in [-0.05, 0) is 36.1 Å². The molecule has 0 radical (unpaired) electrons. The molecule has 0 atom stereocenters. The molecule has 0 aliphatic carbocycles. The van der Waals surface area contributed by atoms with Crippen LogP contribution in [0.25, 0.3) is 10.9 Å². The van der Waals surface area contributed by atoms with Crippen molar-refractivity contribution in [3.8, 4) is 0 Å². The number of rotatable bonds is 1. The van der Waals surface area contributed by atoms with Crippen molar-refractivity contribution in [2.24, 2.45) is 0 Å². The number of fused-ring (bicyclic) bond motifs is 1. The van der Waals surface area contributed by atoms with Gasteiger partial charge in [0.05, 0.1) is 5.52 Å². The molecule has 2 rings (SSSR count). The van der Waals surface area contributed by atoms with Crippen molar-refractivity contribution >= 4 is 38.4 Å². The summed E-state index contributed by atoms with van der Waals surface area (Å²) >= 11 is 9.75. The van der Waals surface area contributed by atoms with Crippen LogP contribution in [0, 0.1) is 6.92 Å². The van der Waals surface area contributed by atoms with Gasteiger partial charge in [-0.2, -0.15) is 0 Å². The van der Waals surface area contributed by atoms with Gasteiger partial charge in [0.25, 0.3) is 0 Å². The summed E-state index contributed by atoms with van der Waals surface area (Å²) in [5.74, 6) is 0.386. The number of hydrogen-bond acceptors (Lipinski definition) is 1. The second-order valence-electron chi connectivity index (χ2n) is 4.28. The minimum absolute atomic E-state index is 0.386. The van der Waals surface area contributed by atoms with Gasteiger partial charge in [0.1, 0.15) is 5.15 Å². The van der Waals surface area contributed by atoms with Crippen LogP contribution in [0.5, 0.6) is 0 Å². The topological polar surface area (TPSA) is 12.9 Å². The van der Waals surface area contributed by atoms with Crippen LogP contribution in [0.4, 0.5) is 0 Å². The summed E-state index contributed by atoms with van der Waals surface area (Å²) in [6, 6.07) is 6.23. The third-order valence-corrected chi connectivity index (χ3v) is 3.73. The maximum Gasteiger partial charge on any atom is 0.133 e. The number of benzene rings is 1. The third kappa shape index (κ3) is 1.96. The molecule has 0 unspecified atom stereocenters. The molecule has 0 spiro atoms. The first-order valence-electron chi connectivity index (χ1n) is 5.26. The van der Waals surface area contributed by atoms with Crippen LogP contribution >= 0.6 is 27.5 Å². The SMILES string of the molecule is Cc1ccc(Br)c2cc(C(C)C)c(Cl)nc12. The zero-order valence-corrected chi connectivity index (χ0v) is 11.9. The Kier molecular flexibility index (Phi) is 3.22. The normalized spacial score (nSPS) is 11.4. The van der Waals surface area contributed by atoms with E-state index in [0.717, 1.165) is 26.5 Å². The first-order chi connectivity index (χ1) is 7.50. The summed E-state index contributed by atoms with van der Waals surface area (Å²) in [5.41, 5.74) is 3.22. The van der Waals surface area contributed by atoms with Gasteiger partial charge in [0, 0.05) is 9.86 Å². The Morgan fingerprint density at radius 2 is 2.00 bits per heavy atom. The molecule has 0 saturated carbocycles. The Balaban J connectivity index is 2.84. The van der Waals surface area contributed by atoms with E-state index in [9.17, 15) is 0 Å². The van der Waals surface area contributed by atoms with E-state index in [2.05, 4.69) is 46.9 Å². The van der Waals surface area contributed by atoms with E-state index >= 15 is 0 Å². The summed E-state index contributed by atoms with van der Waals surface area (Å²) in [5, 5.41) is 1.75. The highest BCUT2D eigenvalue weighted by atomic mass is 79.9. The summed E-state index contributed by atoms with van der Waals surface area (Å²) in [4.78, 5) is 4.49.